The summed E-state index contributed by atoms with van der Waals surface area (Å²) in [4.78, 5) is 12.2. The number of rotatable bonds is 9. The summed E-state index contributed by atoms with van der Waals surface area (Å²) in [6, 6.07) is 9.90. The first-order valence-corrected chi connectivity index (χ1v) is 10.7. The first kappa shape index (κ1) is 23.6. The van der Waals surface area contributed by atoms with Gasteiger partial charge in [0.25, 0.3) is 0 Å². The number of nitrogens with zero attached hydrogens (tertiary/aromatic N) is 1. The number of carboxylic acid groups (broad SMARTS) is 1. The van der Waals surface area contributed by atoms with Gasteiger partial charge in [0.05, 0.1) is 22.7 Å². The quantitative estimate of drug-likeness (QED) is 0.254. The van der Waals surface area contributed by atoms with E-state index in [4.69, 9.17) is 10.1 Å². The molecule has 1 aliphatic carbocycles. The van der Waals surface area contributed by atoms with E-state index in [2.05, 4.69) is 10.5 Å². The van der Waals surface area contributed by atoms with Crippen molar-refractivity contribution in [1.29, 1.82) is 5.41 Å². The van der Waals surface area contributed by atoms with Crippen LogP contribution in [0.3, 0.4) is 0 Å². The highest BCUT2D eigenvalue weighted by molar-refractivity contribution is 8.00. The van der Waals surface area contributed by atoms with Crippen LogP contribution in [0.4, 0.5) is 18.9 Å². The van der Waals surface area contributed by atoms with Gasteiger partial charge >= 0.3 is 12.1 Å². The Morgan fingerprint density at radius 1 is 1.25 bits per heavy atom. The predicted molar refractivity (Wildman–Crippen MR) is 118 cm³/mol. The van der Waals surface area contributed by atoms with Gasteiger partial charge in [-0.05, 0) is 61.9 Å². The average molecular weight is 465 g/mol. The smallest absolute Gasteiger partial charge is 0.416 e. The van der Waals surface area contributed by atoms with Crippen LogP contribution in [0.25, 0.3) is 0 Å². The minimum Gasteiger partial charge on any atom is -0.478 e. The third kappa shape index (κ3) is 5.82. The van der Waals surface area contributed by atoms with Crippen LogP contribution in [0.15, 0.2) is 52.5 Å². The van der Waals surface area contributed by atoms with Crippen LogP contribution in [0, 0.1) is 12.3 Å². The van der Waals surface area contributed by atoms with E-state index in [1.54, 1.807) is 13.0 Å². The normalized spacial score (nSPS) is 15.2. The number of ether oxygens (including phenoxy) is 1. The zero-order chi connectivity index (χ0) is 23.5. The Bertz CT molecular complexity index is 1050. The summed E-state index contributed by atoms with van der Waals surface area (Å²) in [6.45, 7) is 3.48. The van der Waals surface area contributed by atoms with Gasteiger partial charge in [-0.2, -0.15) is 18.3 Å². The second kappa shape index (κ2) is 9.23. The fraction of sp³-hybridized carbons (Fsp3) is 0.318. The molecule has 3 N–H and O–H groups in total. The maximum atomic E-state index is 12.6. The summed E-state index contributed by atoms with van der Waals surface area (Å²) in [5, 5.41) is 21.5. The van der Waals surface area contributed by atoms with E-state index in [-0.39, 0.29) is 5.71 Å². The fourth-order valence-corrected chi connectivity index (χ4v) is 3.66. The van der Waals surface area contributed by atoms with Gasteiger partial charge in [0, 0.05) is 23.5 Å². The first-order chi connectivity index (χ1) is 15.0. The van der Waals surface area contributed by atoms with Crippen LogP contribution in [-0.2, 0) is 11.0 Å². The number of halogens is 3. The lowest BCUT2D eigenvalue weighted by atomic mass is 10.2. The topological polar surface area (TPSA) is 94.8 Å². The average Bonchev–Trinajstić information content (AvgIpc) is 3.52. The molecule has 1 fully saturated rings. The van der Waals surface area contributed by atoms with Crippen molar-refractivity contribution in [3.63, 3.8) is 0 Å². The molecule has 6 nitrogen and oxygen atoms in total. The second-order valence-electron chi connectivity index (χ2n) is 7.48. The van der Waals surface area contributed by atoms with Gasteiger partial charge in [-0.25, -0.2) is 4.79 Å². The number of hydrogen-bond acceptors (Lipinski definition) is 6. The van der Waals surface area contributed by atoms with Gasteiger partial charge in [0.1, 0.15) is 5.75 Å². The van der Waals surface area contributed by atoms with Crippen molar-refractivity contribution in [2.75, 3.05) is 11.2 Å². The number of hydrazone groups is 1. The zero-order valence-electron chi connectivity index (χ0n) is 17.4. The van der Waals surface area contributed by atoms with Crippen molar-refractivity contribution in [3.05, 3.63) is 53.6 Å². The third-order valence-corrected chi connectivity index (χ3v) is 5.95. The van der Waals surface area contributed by atoms with Crippen LogP contribution >= 0.6 is 11.8 Å². The van der Waals surface area contributed by atoms with E-state index in [1.807, 2.05) is 19.1 Å². The number of carbonyl (C=O) groups is 1. The first-order valence-electron chi connectivity index (χ1n) is 9.71. The molecule has 0 bridgehead atoms. The number of anilines is 1. The molecule has 10 heteroatoms. The molecule has 0 unspecified atom stereocenters. The molecule has 3 rings (SSSR count). The lowest BCUT2D eigenvalue weighted by Crippen LogP contribution is -2.29. The van der Waals surface area contributed by atoms with E-state index >= 15 is 0 Å². The number of benzene rings is 2. The summed E-state index contributed by atoms with van der Waals surface area (Å²) in [5.41, 5.74) is 2.68. The van der Waals surface area contributed by atoms with E-state index in [1.165, 1.54) is 23.9 Å². The molecule has 0 atom stereocenters. The number of alkyl halides is 3. The van der Waals surface area contributed by atoms with Gasteiger partial charge in [-0.3, -0.25) is 5.43 Å². The molecule has 0 aliphatic heterocycles. The fourth-order valence-electron chi connectivity index (χ4n) is 2.72. The summed E-state index contributed by atoms with van der Waals surface area (Å²) < 4.78 is 43.5. The van der Waals surface area contributed by atoms with E-state index < -0.39 is 23.3 Å². The summed E-state index contributed by atoms with van der Waals surface area (Å²) in [7, 11) is 0. The largest absolute Gasteiger partial charge is 0.478 e. The molecular weight excluding hydrogens is 443 g/mol. The molecule has 0 spiro atoms. The number of aryl methyl sites for hydroxylation is 1. The van der Waals surface area contributed by atoms with Crippen molar-refractivity contribution in [2.24, 2.45) is 5.10 Å². The third-order valence-electron chi connectivity index (χ3n) is 4.93. The highest BCUT2D eigenvalue weighted by Crippen LogP contribution is 2.41. The molecular formula is C22H22F3N3O3S. The van der Waals surface area contributed by atoms with Crippen LogP contribution in [0.2, 0.25) is 0 Å². The monoisotopic (exact) mass is 465 g/mol. The maximum Gasteiger partial charge on any atom is 0.416 e. The highest BCUT2D eigenvalue weighted by Gasteiger charge is 2.53. The maximum absolute atomic E-state index is 12.6. The van der Waals surface area contributed by atoms with Crippen molar-refractivity contribution in [2.45, 2.75) is 43.4 Å². The summed E-state index contributed by atoms with van der Waals surface area (Å²) in [6.07, 6.45) is -3.40. The number of hydrogen-bond donors (Lipinski definition) is 3. The van der Waals surface area contributed by atoms with E-state index in [0.29, 0.717) is 35.7 Å². The molecule has 0 saturated heterocycles. The summed E-state index contributed by atoms with van der Waals surface area (Å²) >= 11 is 1.42. The molecule has 170 valence electrons. The molecule has 1 aliphatic rings. The molecule has 0 amide bonds. The highest BCUT2D eigenvalue weighted by atomic mass is 32.2. The molecule has 1 saturated carbocycles. The lowest BCUT2D eigenvalue weighted by Gasteiger charge is -2.16. The van der Waals surface area contributed by atoms with E-state index in [9.17, 15) is 23.1 Å². The molecule has 32 heavy (non-hydrogen) atoms. The van der Waals surface area contributed by atoms with Crippen molar-refractivity contribution >= 4 is 34.8 Å². The Kier molecular flexibility index (Phi) is 6.82. The predicted octanol–water partition coefficient (Wildman–Crippen LogP) is 5.61. The van der Waals surface area contributed by atoms with Crippen molar-refractivity contribution in [3.8, 4) is 5.75 Å². The Hall–Kier alpha value is -3.01. The molecule has 0 heterocycles. The number of thioether (sulfide) groups is 1. The van der Waals surface area contributed by atoms with Gasteiger partial charge in [0.2, 0.25) is 5.60 Å². The molecule has 0 radical (unpaired) electrons. The lowest BCUT2D eigenvalue weighted by molar-refractivity contribution is -0.147. The minimum atomic E-state index is -4.39. The Balaban J connectivity index is 1.53. The van der Waals surface area contributed by atoms with Crippen LogP contribution in [-0.4, -0.2) is 33.9 Å². The standard InChI is InChI=1S/C22H22F3N3O3S/c1-13-11-17(7-8-19(13)31-21(9-10-21)20(29)30)32-12-18(26)14(2)27-28-16-5-3-15(4-6-16)22(23,24)25/h3-8,11,26,28H,9-10,12H2,1-2H3,(H,29,30)/b26-18?,27-14-. The van der Waals surface area contributed by atoms with E-state index in [0.717, 1.165) is 22.6 Å². The Morgan fingerprint density at radius 3 is 2.44 bits per heavy atom. The molecule has 0 aromatic heterocycles. The SMILES string of the molecule is C/C(=N/Nc1ccc(C(F)(F)F)cc1)C(=N)CSc1ccc(OC2(C(=O)O)CC2)c(C)c1. The molecule has 2 aromatic carbocycles. The van der Waals surface area contributed by atoms with Gasteiger partial charge in [-0.15, -0.1) is 11.8 Å². The van der Waals surface area contributed by atoms with Gasteiger partial charge in [0.15, 0.2) is 0 Å². The van der Waals surface area contributed by atoms with Crippen molar-refractivity contribution in [1.82, 2.24) is 0 Å². The number of carboxylic acids is 1. The second-order valence-corrected chi connectivity index (χ2v) is 8.53. The van der Waals surface area contributed by atoms with Gasteiger partial charge < -0.3 is 15.3 Å². The Morgan fingerprint density at radius 2 is 1.91 bits per heavy atom. The Labute approximate surface area is 187 Å². The number of aliphatic carboxylic acids is 1. The van der Waals surface area contributed by atoms with Gasteiger partial charge in [-0.1, -0.05) is 0 Å². The number of nitrogens with one attached hydrogen (secondary N) is 2. The zero-order valence-corrected chi connectivity index (χ0v) is 18.2. The van der Waals surface area contributed by atoms with Crippen LogP contribution in [0.1, 0.15) is 30.9 Å². The summed E-state index contributed by atoms with van der Waals surface area (Å²) in [5.74, 6) is -0.0887. The van der Waals surface area contributed by atoms with Crippen molar-refractivity contribution < 1.29 is 27.8 Å². The van der Waals surface area contributed by atoms with Crippen LogP contribution in [0.5, 0.6) is 5.75 Å². The minimum absolute atomic E-state index is 0.259. The van der Waals surface area contributed by atoms with Crippen LogP contribution < -0.4 is 10.2 Å². The molecule has 2 aromatic rings.